The van der Waals surface area contributed by atoms with Crippen LogP contribution in [0.4, 0.5) is 0 Å². The Morgan fingerprint density at radius 2 is 2.00 bits per heavy atom. The largest absolute Gasteiger partial charge is 0.493 e. The van der Waals surface area contributed by atoms with Gasteiger partial charge in [0.15, 0.2) is 23.0 Å². The van der Waals surface area contributed by atoms with Crippen molar-refractivity contribution in [3.05, 3.63) is 47.5 Å². The van der Waals surface area contributed by atoms with Crippen LogP contribution in [0.1, 0.15) is 17.5 Å². The van der Waals surface area contributed by atoms with Crippen molar-refractivity contribution in [2.75, 3.05) is 27.1 Å². The summed E-state index contributed by atoms with van der Waals surface area (Å²) in [7, 11) is 1.68. The van der Waals surface area contributed by atoms with Crippen molar-refractivity contribution in [2.45, 2.75) is 19.5 Å². The molecule has 5 nitrogen and oxygen atoms in total. The molecular formula is C19H21NO4. The van der Waals surface area contributed by atoms with E-state index in [0.29, 0.717) is 13.4 Å². The van der Waals surface area contributed by atoms with E-state index in [1.165, 1.54) is 5.56 Å². The molecule has 0 aliphatic carbocycles. The number of para-hydroxylation sites is 1. The van der Waals surface area contributed by atoms with E-state index in [1.54, 1.807) is 7.11 Å². The molecule has 5 heteroatoms. The Labute approximate surface area is 141 Å². The summed E-state index contributed by atoms with van der Waals surface area (Å²) in [6, 6.07) is 12.2. The van der Waals surface area contributed by atoms with Gasteiger partial charge in [-0.3, -0.25) is 4.90 Å². The third kappa shape index (κ3) is 2.99. The molecule has 0 amide bonds. The minimum Gasteiger partial charge on any atom is -0.493 e. The molecule has 2 heterocycles. The summed E-state index contributed by atoms with van der Waals surface area (Å²) in [4.78, 5) is 2.43. The summed E-state index contributed by atoms with van der Waals surface area (Å²) in [6.45, 7) is 3.71. The monoisotopic (exact) mass is 327 g/mol. The van der Waals surface area contributed by atoms with Gasteiger partial charge in [-0.15, -0.1) is 0 Å². The molecule has 0 saturated heterocycles. The molecule has 0 saturated carbocycles. The molecular weight excluding hydrogens is 306 g/mol. The first-order valence-corrected chi connectivity index (χ1v) is 8.23. The summed E-state index contributed by atoms with van der Waals surface area (Å²) in [5, 5.41) is 0. The molecule has 126 valence electrons. The van der Waals surface area contributed by atoms with E-state index >= 15 is 0 Å². The lowest BCUT2D eigenvalue weighted by Gasteiger charge is -2.27. The Hall–Kier alpha value is -2.40. The molecule has 2 aromatic rings. The first-order valence-electron chi connectivity index (χ1n) is 8.23. The van der Waals surface area contributed by atoms with Gasteiger partial charge in [-0.25, -0.2) is 0 Å². The molecule has 24 heavy (non-hydrogen) atoms. The second-order valence-electron chi connectivity index (χ2n) is 6.05. The highest BCUT2D eigenvalue weighted by molar-refractivity contribution is 5.47. The average molecular weight is 327 g/mol. The molecule has 0 spiro atoms. The number of hydrogen-bond acceptors (Lipinski definition) is 5. The zero-order valence-electron chi connectivity index (χ0n) is 13.8. The third-order valence-electron chi connectivity index (χ3n) is 4.38. The van der Waals surface area contributed by atoms with Crippen LogP contribution >= 0.6 is 0 Å². The van der Waals surface area contributed by atoms with Crippen LogP contribution in [-0.2, 0) is 13.1 Å². The van der Waals surface area contributed by atoms with Crippen LogP contribution in [0.3, 0.4) is 0 Å². The predicted molar refractivity (Wildman–Crippen MR) is 89.8 cm³/mol. The second kappa shape index (κ2) is 6.61. The van der Waals surface area contributed by atoms with Crippen LogP contribution < -0.4 is 18.9 Å². The average Bonchev–Trinajstić information content (AvgIpc) is 3.04. The predicted octanol–water partition coefficient (Wildman–Crippen LogP) is 3.21. The van der Waals surface area contributed by atoms with Crippen LogP contribution in [0, 0.1) is 0 Å². The van der Waals surface area contributed by atoms with E-state index in [-0.39, 0.29) is 0 Å². The van der Waals surface area contributed by atoms with Gasteiger partial charge < -0.3 is 18.9 Å². The lowest BCUT2D eigenvalue weighted by molar-refractivity contribution is 0.173. The highest BCUT2D eigenvalue weighted by atomic mass is 16.7. The zero-order valence-corrected chi connectivity index (χ0v) is 13.8. The second-order valence-corrected chi connectivity index (χ2v) is 6.05. The van der Waals surface area contributed by atoms with Gasteiger partial charge in [0.1, 0.15) is 0 Å². The number of nitrogens with zero attached hydrogens (tertiary/aromatic N) is 1. The van der Waals surface area contributed by atoms with E-state index in [2.05, 4.69) is 23.1 Å². The van der Waals surface area contributed by atoms with E-state index in [9.17, 15) is 0 Å². The van der Waals surface area contributed by atoms with Gasteiger partial charge in [-0.1, -0.05) is 18.2 Å². The van der Waals surface area contributed by atoms with Crippen molar-refractivity contribution in [3.8, 4) is 23.0 Å². The summed E-state index contributed by atoms with van der Waals surface area (Å²) in [5.74, 6) is 3.34. The molecule has 2 aromatic carbocycles. The molecule has 0 bridgehead atoms. The van der Waals surface area contributed by atoms with Crippen LogP contribution in [0.2, 0.25) is 0 Å². The highest BCUT2D eigenvalue weighted by Crippen LogP contribution is 2.35. The Morgan fingerprint density at radius 1 is 1.08 bits per heavy atom. The number of ether oxygens (including phenoxy) is 4. The Morgan fingerprint density at radius 3 is 2.92 bits per heavy atom. The topological polar surface area (TPSA) is 40.2 Å². The Bertz CT molecular complexity index is 731. The molecule has 0 atom stereocenters. The number of fused-ring (bicyclic) bond motifs is 2. The standard InChI is InChI=1S/C19H21NO4/c1-21-17-5-2-4-15-12-20(8-3-9-22-19(15)17)11-14-6-7-16-18(10-14)24-13-23-16/h2,4-7,10H,3,8-9,11-13H2,1H3. The van der Waals surface area contributed by atoms with Gasteiger partial charge >= 0.3 is 0 Å². The zero-order chi connectivity index (χ0) is 16.4. The maximum atomic E-state index is 5.92. The third-order valence-corrected chi connectivity index (χ3v) is 4.38. The summed E-state index contributed by atoms with van der Waals surface area (Å²) in [6.07, 6.45) is 0.988. The minimum absolute atomic E-state index is 0.313. The van der Waals surface area contributed by atoms with E-state index in [0.717, 1.165) is 54.6 Å². The molecule has 0 unspecified atom stereocenters. The molecule has 2 aliphatic rings. The summed E-state index contributed by atoms with van der Waals surface area (Å²) >= 11 is 0. The van der Waals surface area contributed by atoms with Crippen molar-refractivity contribution < 1.29 is 18.9 Å². The first kappa shape index (κ1) is 15.1. The smallest absolute Gasteiger partial charge is 0.231 e. The Balaban J connectivity index is 1.55. The van der Waals surface area contributed by atoms with Crippen LogP contribution in [-0.4, -0.2) is 32.0 Å². The molecule has 2 aliphatic heterocycles. The molecule has 0 fully saturated rings. The normalized spacial score (nSPS) is 16.7. The van der Waals surface area contributed by atoms with Crippen molar-refractivity contribution in [1.82, 2.24) is 4.90 Å². The van der Waals surface area contributed by atoms with Crippen molar-refractivity contribution in [1.29, 1.82) is 0 Å². The van der Waals surface area contributed by atoms with Gasteiger partial charge in [0.05, 0.1) is 13.7 Å². The van der Waals surface area contributed by atoms with Gasteiger partial charge in [-0.05, 0) is 30.2 Å². The lowest BCUT2D eigenvalue weighted by atomic mass is 10.1. The number of rotatable bonds is 3. The molecule has 0 N–H and O–H groups in total. The number of hydrogen-bond donors (Lipinski definition) is 0. The molecule has 0 radical (unpaired) electrons. The van der Waals surface area contributed by atoms with Crippen LogP contribution in [0.5, 0.6) is 23.0 Å². The lowest BCUT2D eigenvalue weighted by Crippen LogP contribution is -2.27. The van der Waals surface area contributed by atoms with Gasteiger partial charge in [0.2, 0.25) is 6.79 Å². The van der Waals surface area contributed by atoms with Gasteiger partial charge in [0.25, 0.3) is 0 Å². The fraction of sp³-hybridized carbons (Fsp3) is 0.368. The minimum atomic E-state index is 0.313. The maximum absolute atomic E-state index is 5.92. The van der Waals surface area contributed by atoms with Gasteiger partial charge in [-0.2, -0.15) is 0 Å². The maximum Gasteiger partial charge on any atom is 0.231 e. The van der Waals surface area contributed by atoms with E-state index in [4.69, 9.17) is 18.9 Å². The van der Waals surface area contributed by atoms with Crippen LogP contribution in [0.15, 0.2) is 36.4 Å². The molecule has 0 aromatic heterocycles. The highest BCUT2D eigenvalue weighted by Gasteiger charge is 2.19. The van der Waals surface area contributed by atoms with Crippen molar-refractivity contribution >= 4 is 0 Å². The first-order chi connectivity index (χ1) is 11.8. The number of methoxy groups -OCH3 is 1. The fourth-order valence-corrected chi connectivity index (χ4v) is 3.23. The fourth-order valence-electron chi connectivity index (χ4n) is 3.23. The quantitative estimate of drug-likeness (QED) is 0.866. The van der Waals surface area contributed by atoms with E-state index in [1.807, 2.05) is 18.2 Å². The van der Waals surface area contributed by atoms with E-state index < -0.39 is 0 Å². The van der Waals surface area contributed by atoms with Crippen molar-refractivity contribution in [2.24, 2.45) is 0 Å². The Kier molecular flexibility index (Phi) is 4.17. The van der Waals surface area contributed by atoms with Crippen LogP contribution in [0.25, 0.3) is 0 Å². The summed E-state index contributed by atoms with van der Waals surface area (Å²) < 4.78 is 22.2. The molecule has 4 rings (SSSR count). The number of benzene rings is 2. The van der Waals surface area contributed by atoms with Gasteiger partial charge in [0, 0.05) is 25.2 Å². The SMILES string of the molecule is COc1cccc2c1OCCCN(Cc1ccc3c(c1)OCO3)C2. The summed E-state index contributed by atoms with van der Waals surface area (Å²) in [5.41, 5.74) is 2.39. The van der Waals surface area contributed by atoms with Crippen molar-refractivity contribution in [3.63, 3.8) is 0 Å².